The van der Waals surface area contributed by atoms with Crippen LogP contribution in [0.1, 0.15) is 43.7 Å². The third-order valence-corrected chi connectivity index (χ3v) is 4.18. The van der Waals surface area contributed by atoms with Gasteiger partial charge in [-0.2, -0.15) is 18.4 Å². The average Bonchev–Trinajstić information content (AvgIpc) is 2.45. The number of anilines is 1. The van der Waals surface area contributed by atoms with E-state index in [-0.39, 0.29) is 5.56 Å². The molecule has 0 atom stereocenters. The maximum absolute atomic E-state index is 12.7. The van der Waals surface area contributed by atoms with Gasteiger partial charge in [0, 0.05) is 12.2 Å². The van der Waals surface area contributed by atoms with Crippen LogP contribution in [0.15, 0.2) is 18.2 Å². The van der Waals surface area contributed by atoms with Crippen LogP contribution < -0.4 is 5.32 Å². The zero-order valence-corrected chi connectivity index (χ0v) is 12.0. The SMILES string of the molecule is CC1CCC(CNc2ccc(C(F)(F)F)c(C#N)c2)CC1. The lowest BCUT2D eigenvalue weighted by molar-refractivity contribution is -0.137. The number of nitrogens with zero attached hydrogens (tertiary/aromatic N) is 1. The van der Waals surface area contributed by atoms with Gasteiger partial charge in [0.1, 0.15) is 0 Å². The van der Waals surface area contributed by atoms with Gasteiger partial charge < -0.3 is 5.32 Å². The highest BCUT2D eigenvalue weighted by atomic mass is 19.4. The second kappa shape index (κ2) is 6.38. The van der Waals surface area contributed by atoms with E-state index >= 15 is 0 Å². The summed E-state index contributed by atoms with van der Waals surface area (Å²) in [6, 6.07) is 5.29. The summed E-state index contributed by atoms with van der Waals surface area (Å²) in [5.41, 5.74) is -0.620. The van der Waals surface area contributed by atoms with Gasteiger partial charge in [-0.15, -0.1) is 0 Å². The number of halogens is 3. The summed E-state index contributed by atoms with van der Waals surface area (Å²) in [4.78, 5) is 0. The quantitative estimate of drug-likeness (QED) is 0.868. The molecule has 21 heavy (non-hydrogen) atoms. The summed E-state index contributed by atoms with van der Waals surface area (Å²) >= 11 is 0. The maximum atomic E-state index is 12.7. The number of nitriles is 1. The molecule has 0 spiro atoms. The Hall–Kier alpha value is -1.70. The molecule has 1 saturated carbocycles. The molecule has 0 radical (unpaired) electrons. The smallest absolute Gasteiger partial charge is 0.385 e. The second-order valence-electron chi connectivity index (χ2n) is 5.88. The Bertz CT molecular complexity index is 523. The predicted molar refractivity (Wildman–Crippen MR) is 75.8 cm³/mol. The molecule has 0 saturated heterocycles. The molecule has 0 aliphatic heterocycles. The summed E-state index contributed by atoms with van der Waals surface area (Å²) < 4.78 is 38.1. The topological polar surface area (TPSA) is 35.8 Å². The average molecular weight is 296 g/mol. The van der Waals surface area contributed by atoms with Crippen molar-refractivity contribution in [1.29, 1.82) is 5.26 Å². The van der Waals surface area contributed by atoms with E-state index in [9.17, 15) is 13.2 Å². The van der Waals surface area contributed by atoms with E-state index in [1.165, 1.54) is 25.0 Å². The van der Waals surface area contributed by atoms with Gasteiger partial charge in [0.25, 0.3) is 0 Å². The highest BCUT2D eigenvalue weighted by Gasteiger charge is 2.33. The first-order chi connectivity index (χ1) is 9.90. The molecule has 0 bridgehead atoms. The van der Waals surface area contributed by atoms with Gasteiger partial charge in [-0.25, -0.2) is 0 Å². The molecule has 1 aliphatic carbocycles. The Kier molecular flexibility index (Phi) is 4.76. The van der Waals surface area contributed by atoms with Crippen molar-refractivity contribution in [3.8, 4) is 6.07 Å². The van der Waals surface area contributed by atoms with E-state index in [1.54, 1.807) is 6.07 Å². The third kappa shape index (κ3) is 4.13. The van der Waals surface area contributed by atoms with Crippen LogP contribution in [0.4, 0.5) is 18.9 Å². The Morgan fingerprint density at radius 3 is 2.48 bits per heavy atom. The van der Waals surface area contributed by atoms with E-state index < -0.39 is 11.7 Å². The minimum atomic E-state index is -4.48. The maximum Gasteiger partial charge on any atom is 0.417 e. The van der Waals surface area contributed by atoms with Crippen molar-refractivity contribution in [3.63, 3.8) is 0 Å². The van der Waals surface area contributed by atoms with Crippen LogP contribution in [0, 0.1) is 23.2 Å². The van der Waals surface area contributed by atoms with E-state index in [0.29, 0.717) is 11.6 Å². The monoisotopic (exact) mass is 296 g/mol. The Morgan fingerprint density at radius 1 is 1.24 bits per heavy atom. The van der Waals surface area contributed by atoms with Crippen LogP contribution >= 0.6 is 0 Å². The molecule has 2 nitrogen and oxygen atoms in total. The van der Waals surface area contributed by atoms with Crippen molar-refractivity contribution in [1.82, 2.24) is 0 Å². The summed E-state index contributed by atoms with van der Waals surface area (Å²) in [6.07, 6.45) is 0.245. The molecule has 1 N–H and O–H groups in total. The molecular weight excluding hydrogens is 277 g/mol. The highest BCUT2D eigenvalue weighted by molar-refractivity contribution is 5.53. The van der Waals surface area contributed by atoms with Gasteiger partial charge in [-0.1, -0.05) is 19.8 Å². The lowest BCUT2D eigenvalue weighted by Crippen LogP contribution is -2.20. The fourth-order valence-corrected chi connectivity index (χ4v) is 2.79. The van der Waals surface area contributed by atoms with Crippen molar-refractivity contribution in [2.75, 3.05) is 11.9 Å². The summed E-state index contributed by atoms with van der Waals surface area (Å²) in [7, 11) is 0. The molecule has 0 aromatic heterocycles. The zero-order chi connectivity index (χ0) is 15.5. The lowest BCUT2D eigenvalue weighted by Gasteiger charge is -2.26. The van der Waals surface area contributed by atoms with Crippen molar-refractivity contribution < 1.29 is 13.2 Å². The minimum absolute atomic E-state index is 0.329. The first-order valence-corrected chi connectivity index (χ1v) is 7.25. The van der Waals surface area contributed by atoms with Gasteiger partial charge in [0.05, 0.1) is 17.2 Å². The third-order valence-electron chi connectivity index (χ3n) is 4.18. The Morgan fingerprint density at radius 2 is 1.90 bits per heavy atom. The Balaban J connectivity index is 2.00. The Labute approximate surface area is 123 Å². The van der Waals surface area contributed by atoms with Crippen LogP contribution in [-0.2, 0) is 6.18 Å². The zero-order valence-electron chi connectivity index (χ0n) is 12.0. The van der Waals surface area contributed by atoms with E-state index in [4.69, 9.17) is 5.26 Å². The highest BCUT2D eigenvalue weighted by Crippen LogP contribution is 2.33. The van der Waals surface area contributed by atoms with Crippen molar-refractivity contribution in [3.05, 3.63) is 29.3 Å². The van der Waals surface area contributed by atoms with Crippen molar-refractivity contribution >= 4 is 5.69 Å². The molecule has 1 aromatic carbocycles. The first-order valence-electron chi connectivity index (χ1n) is 7.25. The fraction of sp³-hybridized carbons (Fsp3) is 0.562. The number of benzene rings is 1. The summed E-state index contributed by atoms with van der Waals surface area (Å²) in [5.74, 6) is 1.34. The summed E-state index contributed by atoms with van der Waals surface area (Å²) in [5, 5.41) is 12.0. The molecule has 114 valence electrons. The first kappa shape index (κ1) is 15.7. The van der Waals surface area contributed by atoms with Gasteiger partial charge in [-0.05, 0) is 42.9 Å². The number of hydrogen-bond acceptors (Lipinski definition) is 2. The van der Waals surface area contributed by atoms with Crippen LogP contribution in [0.5, 0.6) is 0 Å². The molecule has 1 fully saturated rings. The largest absolute Gasteiger partial charge is 0.417 e. The fourth-order valence-electron chi connectivity index (χ4n) is 2.79. The van der Waals surface area contributed by atoms with E-state index in [1.807, 2.05) is 0 Å². The van der Waals surface area contributed by atoms with E-state index in [2.05, 4.69) is 12.2 Å². The van der Waals surface area contributed by atoms with Gasteiger partial charge in [-0.3, -0.25) is 0 Å². The van der Waals surface area contributed by atoms with Crippen LogP contribution in [0.25, 0.3) is 0 Å². The van der Waals surface area contributed by atoms with Crippen LogP contribution in [0.2, 0.25) is 0 Å². The normalized spacial score (nSPS) is 22.6. The molecule has 1 aliphatic rings. The molecule has 5 heteroatoms. The van der Waals surface area contributed by atoms with E-state index in [0.717, 1.165) is 31.4 Å². The summed E-state index contributed by atoms with van der Waals surface area (Å²) in [6.45, 7) is 3.00. The van der Waals surface area contributed by atoms with Crippen LogP contribution in [-0.4, -0.2) is 6.54 Å². The second-order valence-corrected chi connectivity index (χ2v) is 5.88. The number of rotatable bonds is 3. The lowest BCUT2D eigenvalue weighted by atomic mass is 9.83. The van der Waals surface area contributed by atoms with Gasteiger partial charge in [0.2, 0.25) is 0 Å². The molecule has 0 heterocycles. The molecular formula is C16H19F3N2. The van der Waals surface area contributed by atoms with Gasteiger partial charge in [0.15, 0.2) is 0 Å². The van der Waals surface area contributed by atoms with Crippen molar-refractivity contribution in [2.45, 2.75) is 38.8 Å². The molecule has 0 amide bonds. The van der Waals surface area contributed by atoms with Crippen molar-refractivity contribution in [2.24, 2.45) is 11.8 Å². The minimum Gasteiger partial charge on any atom is -0.385 e. The van der Waals surface area contributed by atoms with Crippen LogP contribution in [0.3, 0.4) is 0 Å². The predicted octanol–water partition coefficient (Wildman–Crippen LogP) is 4.82. The van der Waals surface area contributed by atoms with Gasteiger partial charge >= 0.3 is 6.18 Å². The molecule has 1 aromatic rings. The molecule has 2 rings (SSSR count). The number of alkyl halides is 3. The molecule has 0 unspecified atom stereocenters. The number of nitrogens with one attached hydrogen (secondary N) is 1. The standard InChI is InChI=1S/C16H19F3N2/c1-11-2-4-12(5-3-11)10-21-14-6-7-15(16(17,18)19)13(8-14)9-20/h6-8,11-12,21H,2-5,10H2,1H3. The number of hydrogen-bond donors (Lipinski definition) is 1.